The molecule has 0 fully saturated rings. The molecule has 21 heavy (non-hydrogen) atoms. The first-order valence-electron chi connectivity index (χ1n) is 7.60. The first-order valence-corrected chi connectivity index (χ1v) is 7.60. The maximum absolute atomic E-state index is 5.51. The molecule has 1 heterocycles. The summed E-state index contributed by atoms with van der Waals surface area (Å²) in [5, 5.41) is 3.36. The average Bonchev–Trinajstić information content (AvgIpc) is 2.49. The van der Waals surface area contributed by atoms with E-state index in [0.29, 0.717) is 12.5 Å². The van der Waals surface area contributed by atoms with Gasteiger partial charge in [-0.3, -0.25) is 0 Å². The van der Waals surface area contributed by atoms with Gasteiger partial charge in [0.2, 0.25) is 5.88 Å². The van der Waals surface area contributed by atoms with Crippen molar-refractivity contribution in [2.45, 2.75) is 33.1 Å². The lowest BCUT2D eigenvalue weighted by Gasteiger charge is -2.10. The van der Waals surface area contributed by atoms with Gasteiger partial charge >= 0.3 is 0 Å². The van der Waals surface area contributed by atoms with E-state index < -0.39 is 0 Å². The summed E-state index contributed by atoms with van der Waals surface area (Å²) in [4.78, 5) is 8.94. The molecule has 4 nitrogen and oxygen atoms in total. The van der Waals surface area contributed by atoms with Gasteiger partial charge in [0.1, 0.15) is 11.6 Å². The maximum atomic E-state index is 5.51. The molecule has 0 amide bonds. The Morgan fingerprint density at radius 3 is 2.57 bits per heavy atom. The lowest BCUT2D eigenvalue weighted by Crippen LogP contribution is -2.09. The third-order valence-electron chi connectivity index (χ3n) is 3.08. The fourth-order valence-corrected chi connectivity index (χ4v) is 2.10. The van der Waals surface area contributed by atoms with Crippen molar-refractivity contribution in [2.75, 3.05) is 18.5 Å². The molecule has 0 spiro atoms. The number of hydrogen-bond donors (Lipinski definition) is 1. The van der Waals surface area contributed by atoms with Crippen molar-refractivity contribution < 1.29 is 4.74 Å². The first kappa shape index (κ1) is 15.3. The van der Waals surface area contributed by atoms with Crippen LogP contribution in [-0.2, 0) is 12.8 Å². The van der Waals surface area contributed by atoms with Gasteiger partial charge in [-0.2, -0.15) is 4.98 Å². The van der Waals surface area contributed by atoms with Gasteiger partial charge in [0, 0.05) is 19.0 Å². The van der Waals surface area contributed by atoms with E-state index in [-0.39, 0.29) is 0 Å². The predicted octanol–water partition coefficient (Wildman–Crippen LogP) is 3.48. The molecule has 2 aromatic rings. The highest BCUT2D eigenvalue weighted by Gasteiger charge is 2.05. The standard InChI is InChI=1S/C17H23N3O/c1-3-8-15-19-16(13-17(20-15)21-4-2)18-12-11-14-9-6-5-7-10-14/h5-7,9-10,13H,3-4,8,11-12H2,1-2H3,(H,18,19,20). The summed E-state index contributed by atoms with van der Waals surface area (Å²) in [6, 6.07) is 12.3. The molecule has 4 heteroatoms. The molecule has 1 N–H and O–H groups in total. The normalized spacial score (nSPS) is 10.4. The van der Waals surface area contributed by atoms with Crippen molar-refractivity contribution in [1.29, 1.82) is 0 Å². The molecule has 1 aromatic carbocycles. The summed E-state index contributed by atoms with van der Waals surface area (Å²) in [6.07, 6.45) is 2.87. The van der Waals surface area contributed by atoms with Gasteiger partial charge in [-0.25, -0.2) is 4.98 Å². The Morgan fingerprint density at radius 1 is 1.05 bits per heavy atom. The van der Waals surface area contributed by atoms with Crippen molar-refractivity contribution in [1.82, 2.24) is 9.97 Å². The van der Waals surface area contributed by atoms with Crippen molar-refractivity contribution in [3.05, 3.63) is 47.8 Å². The van der Waals surface area contributed by atoms with E-state index in [0.717, 1.165) is 37.4 Å². The van der Waals surface area contributed by atoms with Crippen LogP contribution in [0.1, 0.15) is 31.7 Å². The van der Waals surface area contributed by atoms with Crippen molar-refractivity contribution in [2.24, 2.45) is 0 Å². The number of aromatic nitrogens is 2. The Balaban J connectivity index is 1.97. The second-order valence-corrected chi connectivity index (χ2v) is 4.85. The van der Waals surface area contributed by atoms with Crippen LogP contribution in [-0.4, -0.2) is 23.1 Å². The van der Waals surface area contributed by atoms with Crippen LogP contribution in [0.4, 0.5) is 5.82 Å². The van der Waals surface area contributed by atoms with Crippen LogP contribution in [0.5, 0.6) is 5.88 Å². The summed E-state index contributed by atoms with van der Waals surface area (Å²) in [6.45, 7) is 5.55. The van der Waals surface area contributed by atoms with Crippen LogP contribution < -0.4 is 10.1 Å². The Labute approximate surface area is 126 Å². The average molecular weight is 285 g/mol. The van der Waals surface area contributed by atoms with Gasteiger partial charge in [0.15, 0.2) is 0 Å². The number of anilines is 1. The Kier molecular flexibility index (Phi) is 6.00. The summed E-state index contributed by atoms with van der Waals surface area (Å²) in [5.74, 6) is 2.33. The van der Waals surface area contributed by atoms with E-state index in [9.17, 15) is 0 Å². The summed E-state index contributed by atoms with van der Waals surface area (Å²) in [5.41, 5.74) is 1.32. The lowest BCUT2D eigenvalue weighted by molar-refractivity contribution is 0.325. The SMILES string of the molecule is CCCc1nc(NCCc2ccccc2)cc(OCC)n1. The summed E-state index contributed by atoms with van der Waals surface area (Å²) in [7, 11) is 0. The molecular formula is C17H23N3O. The first-order chi connectivity index (χ1) is 10.3. The van der Waals surface area contributed by atoms with Crippen LogP contribution in [0.25, 0.3) is 0 Å². The van der Waals surface area contributed by atoms with Gasteiger partial charge in [0.25, 0.3) is 0 Å². The Morgan fingerprint density at radius 2 is 1.86 bits per heavy atom. The molecule has 0 saturated carbocycles. The van der Waals surface area contributed by atoms with Gasteiger partial charge in [-0.1, -0.05) is 37.3 Å². The molecule has 0 aliphatic heterocycles. The molecule has 0 atom stereocenters. The van der Waals surface area contributed by atoms with E-state index in [1.807, 2.05) is 19.1 Å². The van der Waals surface area contributed by atoms with Gasteiger partial charge in [-0.05, 0) is 25.3 Å². The predicted molar refractivity (Wildman–Crippen MR) is 85.8 cm³/mol. The minimum Gasteiger partial charge on any atom is -0.478 e. The minimum absolute atomic E-state index is 0.617. The monoisotopic (exact) mass is 285 g/mol. The quantitative estimate of drug-likeness (QED) is 0.806. The third kappa shape index (κ3) is 5.06. The van der Waals surface area contributed by atoms with Crippen molar-refractivity contribution in [3.63, 3.8) is 0 Å². The smallest absolute Gasteiger partial charge is 0.218 e. The zero-order valence-corrected chi connectivity index (χ0v) is 12.8. The molecule has 0 unspecified atom stereocenters. The molecule has 0 bridgehead atoms. The van der Waals surface area contributed by atoms with Crippen molar-refractivity contribution in [3.8, 4) is 5.88 Å². The van der Waals surface area contributed by atoms with Crippen LogP contribution in [0.2, 0.25) is 0 Å². The number of hydrogen-bond acceptors (Lipinski definition) is 4. The molecule has 112 valence electrons. The fraction of sp³-hybridized carbons (Fsp3) is 0.412. The molecule has 1 aromatic heterocycles. The molecular weight excluding hydrogens is 262 g/mol. The van der Waals surface area contributed by atoms with E-state index in [1.54, 1.807) is 0 Å². The second-order valence-electron chi connectivity index (χ2n) is 4.85. The molecule has 0 aliphatic carbocycles. The highest BCUT2D eigenvalue weighted by atomic mass is 16.5. The second kappa shape index (κ2) is 8.25. The number of benzene rings is 1. The fourth-order valence-electron chi connectivity index (χ4n) is 2.10. The van der Waals surface area contributed by atoms with Crippen LogP contribution in [0.15, 0.2) is 36.4 Å². The van der Waals surface area contributed by atoms with E-state index in [2.05, 4.69) is 46.5 Å². The van der Waals surface area contributed by atoms with Crippen LogP contribution in [0.3, 0.4) is 0 Å². The largest absolute Gasteiger partial charge is 0.478 e. The molecule has 0 radical (unpaired) electrons. The number of nitrogens with zero attached hydrogens (tertiary/aromatic N) is 2. The third-order valence-corrected chi connectivity index (χ3v) is 3.08. The van der Waals surface area contributed by atoms with Gasteiger partial charge < -0.3 is 10.1 Å². The molecule has 0 aliphatic rings. The van der Waals surface area contributed by atoms with E-state index in [4.69, 9.17) is 4.74 Å². The number of nitrogens with one attached hydrogen (secondary N) is 1. The zero-order valence-electron chi connectivity index (χ0n) is 12.8. The highest BCUT2D eigenvalue weighted by molar-refractivity contribution is 5.38. The van der Waals surface area contributed by atoms with E-state index in [1.165, 1.54) is 5.56 Å². The van der Waals surface area contributed by atoms with Crippen molar-refractivity contribution >= 4 is 5.82 Å². The highest BCUT2D eigenvalue weighted by Crippen LogP contribution is 2.14. The number of rotatable bonds is 8. The summed E-state index contributed by atoms with van der Waals surface area (Å²) >= 11 is 0. The minimum atomic E-state index is 0.617. The Bertz CT molecular complexity index is 519. The number of aryl methyl sites for hydroxylation is 1. The van der Waals surface area contributed by atoms with Gasteiger partial charge in [-0.15, -0.1) is 0 Å². The number of ether oxygens (including phenoxy) is 1. The zero-order chi connectivity index (χ0) is 14.9. The maximum Gasteiger partial charge on any atom is 0.218 e. The molecule has 2 rings (SSSR count). The van der Waals surface area contributed by atoms with E-state index >= 15 is 0 Å². The lowest BCUT2D eigenvalue weighted by atomic mass is 10.1. The summed E-state index contributed by atoms with van der Waals surface area (Å²) < 4.78 is 5.51. The van der Waals surface area contributed by atoms with Crippen LogP contribution in [0, 0.1) is 0 Å². The molecule has 0 saturated heterocycles. The van der Waals surface area contributed by atoms with Crippen LogP contribution >= 0.6 is 0 Å². The van der Waals surface area contributed by atoms with Gasteiger partial charge in [0.05, 0.1) is 6.61 Å². The Hall–Kier alpha value is -2.10. The topological polar surface area (TPSA) is 47.0 Å².